The molecule has 1 aromatic carbocycles. The Hall–Kier alpha value is -3.26. The van der Waals surface area contributed by atoms with Gasteiger partial charge >= 0.3 is 0 Å². The minimum atomic E-state index is -0.522. The summed E-state index contributed by atoms with van der Waals surface area (Å²) >= 11 is 3.26. The van der Waals surface area contributed by atoms with Crippen LogP contribution in [0, 0.1) is 23.7 Å². The molecule has 2 fully saturated rings. The van der Waals surface area contributed by atoms with Crippen molar-refractivity contribution in [3.63, 3.8) is 0 Å². The number of benzene rings is 1. The van der Waals surface area contributed by atoms with E-state index in [0.717, 1.165) is 43.2 Å². The lowest BCUT2D eigenvalue weighted by Gasteiger charge is -2.41. The normalized spacial score (nSPS) is 29.3. The third-order valence-corrected chi connectivity index (χ3v) is 9.63. The first-order chi connectivity index (χ1) is 18.8. The Morgan fingerprint density at radius 2 is 1.82 bits per heavy atom. The lowest BCUT2D eigenvalue weighted by molar-refractivity contribution is -0.143. The fraction of sp³-hybridized carbons (Fsp3) is 0.419. The van der Waals surface area contributed by atoms with Crippen molar-refractivity contribution in [2.75, 3.05) is 7.11 Å². The second kappa shape index (κ2) is 10.0. The zero-order valence-electron chi connectivity index (χ0n) is 21.7. The smallest absolute Gasteiger partial charge is 0.233 e. The average Bonchev–Trinajstić information content (AvgIpc) is 3.20. The first-order valence-electron chi connectivity index (χ1n) is 13.6. The number of ether oxygens (including phenoxy) is 1. The molecule has 39 heavy (non-hydrogen) atoms. The molecule has 202 valence electrons. The molecule has 1 heterocycles. The van der Waals surface area contributed by atoms with Gasteiger partial charge < -0.3 is 9.84 Å². The van der Waals surface area contributed by atoms with Crippen LogP contribution in [0.4, 0.5) is 0 Å². The van der Waals surface area contributed by atoms with Gasteiger partial charge in [-0.2, -0.15) is 0 Å². The quantitative estimate of drug-likeness (QED) is 0.299. The second-order valence-corrected chi connectivity index (χ2v) is 11.9. The number of rotatable bonds is 4. The molecule has 8 heteroatoms. The Labute approximate surface area is 235 Å². The molecule has 1 N–H and O–H groups in total. The maximum atomic E-state index is 13.9. The maximum Gasteiger partial charge on any atom is 0.233 e. The molecular formula is C31H30BrNO6. The number of aromatic hydroxyl groups is 1. The number of methoxy groups -OCH3 is 1. The van der Waals surface area contributed by atoms with E-state index in [1.807, 2.05) is 18.2 Å². The number of nitrogens with zero attached hydrogens (tertiary/aromatic N) is 1. The maximum absolute atomic E-state index is 13.9. The third-order valence-electron chi connectivity index (χ3n) is 9.04. The molecule has 6 rings (SSSR count). The molecule has 1 saturated carbocycles. The van der Waals surface area contributed by atoms with Crippen LogP contribution in [-0.4, -0.2) is 46.5 Å². The Bertz CT molecular complexity index is 1410. The van der Waals surface area contributed by atoms with E-state index in [1.165, 1.54) is 19.3 Å². The number of Topliss-reactive ketones (excluding diaryl/α,β-unsaturated/α-hetero) is 1. The zero-order valence-corrected chi connectivity index (χ0v) is 23.3. The van der Waals surface area contributed by atoms with E-state index in [-0.39, 0.29) is 52.0 Å². The summed E-state index contributed by atoms with van der Waals surface area (Å²) in [4.78, 5) is 55.5. The molecule has 1 aromatic rings. The number of halogens is 1. The number of fused-ring (bicyclic) bond motifs is 3. The molecule has 0 bridgehead atoms. The highest BCUT2D eigenvalue weighted by atomic mass is 79.9. The van der Waals surface area contributed by atoms with Crippen molar-refractivity contribution in [1.82, 2.24) is 4.90 Å². The molecular weight excluding hydrogens is 562 g/mol. The molecule has 2 amide bonds. The van der Waals surface area contributed by atoms with Gasteiger partial charge in [0.05, 0.1) is 23.4 Å². The van der Waals surface area contributed by atoms with Gasteiger partial charge in [0, 0.05) is 29.2 Å². The Morgan fingerprint density at radius 3 is 2.56 bits per heavy atom. The number of hydrogen-bond donors (Lipinski definition) is 1. The number of carbonyl (C=O) groups is 4. The van der Waals surface area contributed by atoms with Gasteiger partial charge in [-0.3, -0.25) is 24.1 Å². The van der Waals surface area contributed by atoms with Crippen molar-refractivity contribution >= 4 is 45.4 Å². The van der Waals surface area contributed by atoms with Crippen molar-refractivity contribution in [2.45, 2.75) is 51.0 Å². The highest BCUT2D eigenvalue weighted by molar-refractivity contribution is 9.12. The zero-order chi connectivity index (χ0) is 27.4. The summed E-state index contributed by atoms with van der Waals surface area (Å²) in [6.45, 7) is 0. The van der Waals surface area contributed by atoms with Crippen molar-refractivity contribution < 1.29 is 29.0 Å². The van der Waals surface area contributed by atoms with E-state index in [9.17, 15) is 24.3 Å². The third kappa shape index (κ3) is 4.24. The molecule has 7 nitrogen and oxygen atoms in total. The van der Waals surface area contributed by atoms with Crippen LogP contribution < -0.4 is 4.74 Å². The molecule has 0 aromatic heterocycles. The van der Waals surface area contributed by atoms with Gasteiger partial charge in [-0.05, 0) is 65.2 Å². The van der Waals surface area contributed by atoms with E-state index in [1.54, 1.807) is 17.0 Å². The van der Waals surface area contributed by atoms with Crippen molar-refractivity contribution in [3.05, 3.63) is 63.2 Å². The average molecular weight is 592 g/mol. The minimum Gasteiger partial charge on any atom is -0.504 e. The van der Waals surface area contributed by atoms with Gasteiger partial charge in [-0.25, -0.2) is 0 Å². The summed E-state index contributed by atoms with van der Waals surface area (Å²) in [5, 5.41) is 9.98. The van der Waals surface area contributed by atoms with Crippen LogP contribution in [0.5, 0.6) is 11.5 Å². The lowest BCUT2D eigenvalue weighted by Crippen LogP contribution is -2.43. The summed E-state index contributed by atoms with van der Waals surface area (Å²) < 4.78 is 5.45. The number of allylic oxidation sites excluding steroid dienone is 7. The number of hydrogen-bond acceptors (Lipinski definition) is 6. The number of imide groups is 1. The standard InChI is InChI=1S/C31H30BrNO6/c1-39-26-13-16(8-12-24(26)34)7-9-19-18-10-11-20-28(31(38)33(30(20)37)17-5-3-2-4-6-17)21(18)14-22-27(19)25(35)15-23(32)29(22)36/h7-10,12-13,15,17,19-21,28,34H,2-6,11,14H2,1H3. The van der Waals surface area contributed by atoms with Crippen molar-refractivity contribution in [2.24, 2.45) is 23.7 Å². The highest BCUT2D eigenvalue weighted by Crippen LogP contribution is 2.53. The van der Waals surface area contributed by atoms with Gasteiger partial charge in [-0.1, -0.05) is 49.1 Å². The monoisotopic (exact) mass is 591 g/mol. The van der Waals surface area contributed by atoms with E-state index < -0.39 is 17.8 Å². The van der Waals surface area contributed by atoms with Gasteiger partial charge in [0.25, 0.3) is 0 Å². The topological polar surface area (TPSA) is 101 Å². The van der Waals surface area contributed by atoms with Crippen LogP contribution in [0.25, 0.3) is 6.08 Å². The van der Waals surface area contributed by atoms with Crippen LogP contribution >= 0.6 is 15.9 Å². The molecule has 4 atom stereocenters. The van der Waals surface area contributed by atoms with E-state index in [0.29, 0.717) is 23.3 Å². The summed E-state index contributed by atoms with van der Waals surface area (Å²) in [7, 11) is 1.47. The minimum absolute atomic E-state index is 0.0216. The van der Waals surface area contributed by atoms with Gasteiger partial charge in [0.1, 0.15) is 0 Å². The lowest BCUT2D eigenvalue weighted by atomic mass is 9.61. The SMILES string of the molecule is COc1cc(C=CC2C3=CCC4C(=O)N(C5CCCCC5)C(=O)C4C3CC3=C2C(=O)C=C(Br)C3=O)ccc1O. The van der Waals surface area contributed by atoms with Crippen LogP contribution in [0.2, 0.25) is 0 Å². The molecule has 0 radical (unpaired) electrons. The molecule has 1 saturated heterocycles. The van der Waals surface area contributed by atoms with E-state index >= 15 is 0 Å². The summed E-state index contributed by atoms with van der Waals surface area (Å²) in [5.41, 5.74) is 2.54. The molecule has 4 aliphatic carbocycles. The molecule has 0 spiro atoms. The molecule has 1 aliphatic heterocycles. The van der Waals surface area contributed by atoms with Crippen LogP contribution in [0.15, 0.2) is 57.6 Å². The predicted octanol–water partition coefficient (Wildman–Crippen LogP) is 5.04. The van der Waals surface area contributed by atoms with Crippen LogP contribution in [-0.2, 0) is 19.2 Å². The van der Waals surface area contributed by atoms with Gasteiger partial charge in [-0.15, -0.1) is 0 Å². The number of carbonyl (C=O) groups excluding carboxylic acids is 4. The number of ketones is 2. The van der Waals surface area contributed by atoms with Crippen molar-refractivity contribution in [1.29, 1.82) is 0 Å². The Balaban J connectivity index is 1.40. The Kier molecular flexibility index (Phi) is 6.69. The summed E-state index contributed by atoms with van der Waals surface area (Å²) in [6.07, 6.45) is 12.7. The van der Waals surface area contributed by atoms with Crippen LogP contribution in [0.3, 0.4) is 0 Å². The number of phenolic OH excluding ortho intramolecular Hbond substituents is 1. The number of likely N-dealkylation sites (tertiary alicyclic amines) is 1. The first kappa shape index (κ1) is 26.0. The van der Waals surface area contributed by atoms with E-state index in [4.69, 9.17) is 4.74 Å². The van der Waals surface area contributed by atoms with E-state index in [2.05, 4.69) is 15.9 Å². The fourth-order valence-corrected chi connectivity index (χ4v) is 7.66. The van der Waals surface area contributed by atoms with Gasteiger partial charge in [0.2, 0.25) is 11.8 Å². The largest absolute Gasteiger partial charge is 0.504 e. The molecule has 4 unspecified atom stereocenters. The van der Waals surface area contributed by atoms with Gasteiger partial charge in [0.15, 0.2) is 23.1 Å². The summed E-state index contributed by atoms with van der Waals surface area (Å²) in [6, 6.07) is 4.93. The number of phenols is 1. The van der Waals surface area contributed by atoms with Crippen LogP contribution in [0.1, 0.15) is 50.5 Å². The predicted molar refractivity (Wildman–Crippen MR) is 148 cm³/mol. The first-order valence-corrected chi connectivity index (χ1v) is 14.4. The molecule has 5 aliphatic rings. The fourth-order valence-electron chi connectivity index (χ4n) is 7.21. The second-order valence-electron chi connectivity index (χ2n) is 11.1. The van der Waals surface area contributed by atoms with Crippen molar-refractivity contribution in [3.8, 4) is 11.5 Å². The number of amides is 2. The Morgan fingerprint density at radius 1 is 1.05 bits per heavy atom. The highest BCUT2D eigenvalue weighted by Gasteiger charge is 2.57. The summed E-state index contributed by atoms with van der Waals surface area (Å²) in [5.74, 6) is -2.09.